The maximum absolute atomic E-state index is 10.7. The first-order valence-corrected chi connectivity index (χ1v) is 5.45. The van der Waals surface area contributed by atoms with Gasteiger partial charge in [0.15, 0.2) is 5.76 Å². The second-order valence-corrected chi connectivity index (χ2v) is 4.11. The van der Waals surface area contributed by atoms with E-state index < -0.39 is 4.92 Å². The van der Waals surface area contributed by atoms with Gasteiger partial charge < -0.3 is 10.2 Å². The van der Waals surface area contributed by atoms with Crippen molar-refractivity contribution in [2.75, 3.05) is 0 Å². The Hall–Kier alpha value is -2.21. The van der Waals surface area contributed by atoms with Crippen LogP contribution < -0.4 is 5.73 Å². The zero-order valence-electron chi connectivity index (χ0n) is 10.1. The van der Waals surface area contributed by atoms with E-state index in [-0.39, 0.29) is 11.7 Å². The van der Waals surface area contributed by atoms with Gasteiger partial charge in [-0.3, -0.25) is 10.1 Å². The minimum atomic E-state index is -0.410. The maximum atomic E-state index is 10.7. The molecule has 0 bridgehead atoms. The van der Waals surface area contributed by atoms with Crippen LogP contribution in [0.5, 0.6) is 0 Å². The third-order valence-electron chi connectivity index (χ3n) is 2.59. The third kappa shape index (κ3) is 2.23. The molecule has 18 heavy (non-hydrogen) atoms. The normalized spacial score (nSPS) is 12.4. The smallest absolute Gasteiger partial charge is 0.272 e. The highest BCUT2D eigenvalue weighted by Gasteiger charge is 2.14. The Morgan fingerprint density at radius 2 is 2.22 bits per heavy atom. The lowest BCUT2D eigenvalue weighted by Crippen LogP contribution is -2.04. The van der Waals surface area contributed by atoms with Crippen molar-refractivity contribution in [3.05, 3.63) is 46.0 Å². The van der Waals surface area contributed by atoms with Gasteiger partial charge in [0.25, 0.3) is 5.69 Å². The van der Waals surface area contributed by atoms with Gasteiger partial charge in [-0.05, 0) is 26.0 Å². The van der Waals surface area contributed by atoms with E-state index in [0.717, 1.165) is 5.56 Å². The molecule has 2 rings (SSSR count). The molecule has 1 unspecified atom stereocenters. The largest absolute Gasteiger partial charge is 0.439 e. The fourth-order valence-corrected chi connectivity index (χ4v) is 1.65. The molecule has 1 aromatic heterocycles. The number of aryl methyl sites for hydroxylation is 1. The van der Waals surface area contributed by atoms with Crippen LogP contribution in [0.3, 0.4) is 0 Å². The summed E-state index contributed by atoms with van der Waals surface area (Å²) in [5, 5.41) is 10.7. The molecule has 0 saturated heterocycles. The van der Waals surface area contributed by atoms with Gasteiger partial charge >= 0.3 is 0 Å². The molecule has 1 heterocycles. The van der Waals surface area contributed by atoms with E-state index in [9.17, 15) is 10.1 Å². The van der Waals surface area contributed by atoms with E-state index in [1.807, 2.05) is 0 Å². The van der Waals surface area contributed by atoms with E-state index >= 15 is 0 Å². The van der Waals surface area contributed by atoms with Gasteiger partial charge in [0, 0.05) is 17.2 Å². The number of hydrogen-bond acceptors (Lipinski definition) is 5. The van der Waals surface area contributed by atoms with E-state index in [4.69, 9.17) is 10.2 Å². The molecular weight excluding hydrogens is 234 g/mol. The van der Waals surface area contributed by atoms with Crippen molar-refractivity contribution >= 4 is 5.69 Å². The SMILES string of the molecule is Cc1cc(-c2cnc(C(C)N)o2)ccc1[N+](=O)[O-]. The van der Waals surface area contributed by atoms with Crippen molar-refractivity contribution in [2.24, 2.45) is 5.73 Å². The number of rotatable bonds is 3. The molecule has 0 saturated carbocycles. The Morgan fingerprint density at radius 3 is 2.72 bits per heavy atom. The van der Waals surface area contributed by atoms with Gasteiger partial charge in [-0.2, -0.15) is 0 Å². The maximum Gasteiger partial charge on any atom is 0.272 e. The molecule has 0 radical (unpaired) electrons. The zero-order valence-corrected chi connectivity index (χ0v) is 10.1. The highest BCUT2D eigenvalue weighted by Crippen LogP contribution is 2.27. The van der Waals surface area contributed by atoms with Crippen molar-refractivity contribution in [1.82, 2.24) is 4.98 Å². The Kier molecular flexibility index (Phi) is 3.12. The average molecular weight is 247 g/mol. The predicted octanol–water partition coefficient (Wildman–Crippen LogP) is 2.58. The van der Waals surface area contributed by atoms with E-state index in [1.165, 1.54) is 6.07 Å². The fraction of sp³-hybridized carbons (Fsp3) is 0.250. The Morgan fingerprint density at radius 1 is 1.50 bits per heavy atom. The van der Waals surface area contributed by atoms with Crippen molar-refractivity contribution < 1.29 is 9.34 Å². The van der Waals surface area contributed by atoms with Gasteiger partial charge in [-0.25, -0.2) is 4.98 Å². The molecule has 2 aromatic rings. The standard InChI is InChI=1S/C12H13N3O3/c1-7-5-9(3-4-10(7)15(16)17)11-6-14-12(18-11)8(2)13/h3-6,8H,13H2,1-2H3. The van der Waals surface area contributed by atoms with Crippen molar-refractivity contribution in [3.8, 4) is 11.3 Å². The quantitative estimate of drug-likeness (QED) is 0.664. The molecule has 0 aliphatic heterocycles. The Balaban J connectivity index is 2.39. The summed E-state index contributed by atoms with van der Waals surface area (Å²) in [5.41, 5.74) is 7.07. The van der Waals surface area contributed by atoms with Crippen LogP contribution in [-0.4, -0.2) is 9.91 Å². The number of nitrogens with zero attached hydrogens (tertiary/aromatic N) is 2. The Labute approximate surface area is 104 Å². The van der Waals surface area contributed by atoms with Crippen molar-refractivity contribution in [3.63, 3.8) is 0 Å². The second kappa shape index (κ2) is 4.58. The van der Waals surface area contributed by atoms with Gasteiger partial charge in [-0.15, -0.1) is 0 Å². The van der Waals surface area contributed by atoms with Crippen LogP contribution >= 0.6 is 0 Å². The summed E-state index contributed by atoms with van der Waals surface area (Å²) in [4.78, 5) is 14.4. The number of nitrogens with two attached hydrogens (primary N) is 1. The molecule has 0 spiro atoms. The summed E-state index contributed by atoms with van der Waals surface area (Å²) in [6.45, 7) is 3.46. The van der Waals surface area contributed by atoms with Gasteiger partial charge in [0.2, 0.25) is 5.89 Å². The van der Waals surface area contributed by atoms with E-state index in [1.54, 1.807) is 32.2 Å². The number of aromatic nitrogens is 1. The predicted molar refractivity (Wildman–Crippen MR) is 65.9 cm³/mol. The molecule has 94 valence electrons. The van der Waals surface area contributed by atoms with Gasteiger partial charge in [-0.1, -0.05) is 0 Å². The molecule has 0 amide bonds. The van der Waals surface area contributed by atoms with Gasteiger partial charge in [0.05, 0.1) is 17.2 Å². The molecule has 2 N–H and O–H groups in total. The summed E-state index contributed by atoms with van der Waals surface area (Å²) in [7, 11) is 0. The molecule has 0 aliphatic rings. The number of nitro benzene ring substituents is 1. The lowest BCUT2D eigenvalue weighted by molar-refractivity contribution is -0.385. The first-order valence-electron chi connectivity index (χ1n) is 5.45. The third-order valence-corrected chi connectivity index (χ3v) is 2.59. The Bertz CT molecular complexity index is 590. The average Bonchev–Trinajstić information content (AvgIpc) is 2.77. The molecular formula is C12H13N3O3. The lowest BCUT2D eigenvalue weighted by atomic mass is 10.1. The number of hydrogen-bond donors (Lipinski definition) is 1. The molecule has 6 heteroatoms. The number of nitro groups is 1. The van der Waals surface area contributed by atoms with Crippen molar-refractivity contribution in [1.29, 1.82) is 0 Å². The first-order chi connectivity index (χ1) is 8.49. The fourth-order valence-electron chi connectivity index (χ4n) is 1.65. The van der Waals surface area contributed by atoms with Crippen LogP contribution in [0.25, 0.3) is 11.3 Å². The summed E-state index contributed by atoms with van der Waals surface area (Å²) in [6.07, 6.45) is 1.57. The second-order valence-electron chi connectivity index (χ2n) is 4.11. The van der Waals surface area contributed by atoms with Crippen molar-refractivity contribution in [2.45, 2.75) is 19.9 Å². The minimum absolute atomic E-state index is 0.0886. The number of oxazole rings is 1. The lowest BCUT2D eigenvalue weighted by Gasteiger charge is -2.01. The highest BCUT2D eigenvalue weighted by atomic mass is 16.6. The molecule has 6 nitrogen and oxygen atoms in total. The molecule has 1 aromatic carbocycles. The van der Waals surface area contributed by atoms with Crippen LogP contribution in [0.15, 0.2) is 28.8 Å². The first kappa shape index (κ1) is 12.3. The van der Waals surface area contributed by atoms with E-state index in [2.05, 4.69) is 4.98 Å². The molecule has 0 fully saturated rings. The highest BCUT2D eigenvalue weighted by molar-refractivity contribution is 5.61. The summed E-state index contributed by atoms with van der Waals surface area (Å²) in [6, 6.07) is 4.51. The topological polar surface area (TPSA) is 95.2 Å². The van der Waals surface area contributed by atoms with Gasteiger partial charge in [0.1, 0.15) is 0 Å². The van der Waals surface area contributed by atoms with Crippen LogP contribution in [0.1, 0.15) is 24.4 Å². The summed E-state index contributed by atoms with van der Waals surface area (Å²) < 4.78 is 5.48. The number of benzene rings is 1. The van der Waals surface area contributed by atoms with Crippen LogP contribution in [0.2, 0.25) is 0 Å². The van der Waals surface area contributed by atoms with Crippen LogP contribution in [0.4, 0.5) is 5.69 Å². The molecule has 1 atom stereocenters. The van der Waals surface area contributed by atoms with Crippen LogP contribution in [-0.2, 0) is 0 Å². The minimum Gasteiger partial charge on any atom is -0.439 e. The zero-order chi connectivity index (χ0) is 13.3. The molecule has 0 aliphatic carbocycles. The summed E-state index contributed by atoms with van der Waals surface area (Å²) >= 11 is 0. The van der Waals surface area contributed by atoms with Crippen LogP contribution in [0, 0.1) is 17.0 Å². The summed E-state index contributed by atoms with van der Waals surface area (Å²) in [5.74, 6) is 1.00. The van der Waals surface area contributed by atoms with E-state index in [0.29, 0.717) is 17.2 Å². The monoisotopic (exact) mass is 247 g/mol.